The van der Waals surface area contributed by atoms with Crippen molar-refractivity contribution in [1.29, 1.82) is 5.26 Å². The van der Waals surface area contributed by atoms with E-state index in [4.69, 9.17) is 10.00 Å². The van der Waals surface area contributed by atoms with E-state index in [0.29, 0.717) is 11.2 Å². The van der Waals surface area contributed by atoms with E-state index in [0.717, 1.165) is 6.07 Å². The van der Waals surface area contributed by atoms with Crippen molar-refractivity contribution in [2.45, 2.75) is 20.0 Å². The summed E-state index contributed by atoms with van der Waals surface area (Å²) < 4.78 is 44.1. The van der Waals surface area contributed by atoms with Gasteiger partial charge in [0, 0.05) is 11.2 Å². The second-order valence-electron chi connectivity index (χ2n) is 4.79. The lowest BCUT2D eigenvalue weighted by Crippen LogP contribution is -2.20. The van der Waals surface area contributed by atoms with E-state index in [1.807, 2.05) is 13.8 Å². The van der Waals surface area contributed by atoms with Gasteiger partial charge in [0.05, 0.1) is 23.8 Å². The molecule has 0 radical (unpaired) electrons. The molecule has 0 N–H and O–H groups in total. The van der Waals surface area contributed by atoms with Crippen LogP contribution in [0.2, 0.25) is 0 Å². The lowest BCUT2D eigenvalue weighted by atomic mass is 9.99. The average Bonchev–Trinajstić information content (AvgIpc) is 2.38. The summed E-state index contributed by atoms with van der Waals surface area (Å²) in [5.41, 5.74) is -0.945. The van der Waals surface area contributed by atoms with Gasteiger partial charge in [-0.3, -0.25) is 0 Å². The minimum Gasteiger partial charge on any atom is -0.493 e. The smallest absolute Gasteiger partial charge is 0.420 e. The molecule has 1 unspecified atom stereocenters. The number of rotatable bonds is 5. The third-order valence-corrected chi connectivity index (χ3v) is 3.84. The first-order valence-corrected chi connectivity index (χ1v) is 7.21. The predicted molar refractivity (Wildman–Crippen MR) is 73.8 cm³/mol. The highest BCUT2D eigenvalue weighted by atomic mass is 79.9. The zero-order valence-corrected chi connectivity index (χ0v) is 12.8. The molecular formula is C14H15BrF3NO. The average molecular weight is 350 g/mol. The van der Waals surface area contributed by atoms with Crippen molar-refractivity contribution in [2.24, 2.45) is 11.8 Å². The van der Waals surface area contributed by atoms with Crippen LogP contribution in [0.4, 0.5) is 13.2 Å². The summed E-state index contributed by atoms with van der Waals surface area (Å²) in [6.07, 6.45) is -4.54. The van der Waals surface area contributed by atoms with Crippen molar-refractivity contribution < 1.29 is 17.9 Å². The summed E-state index contributed by atoms with van der Waals surface area (Å²) >= 11 is 3.33. The fourth-order valence-electron chi connectivity index (χ4n) is 1.56. The molecule has 110 valence electrons. The van der Waals surface area contributed by atoms with Crippen LogP contribution in [-0.2, 0) is 6.18 Å². The van der Waals surface area contributed by atoms with Gasteiger partial charge in [-0.05, 0) is 24.1 Å². The van der Waals surface area contributed by atoms with Crippen LogP contribution in [-0.4, -0.2) is 11.9 Å². The maximum atomic E-state index is 12.9. The van der Waals surface area contributed by atoms with Gasteiger partial charge in [0.2, 0.25) is 0 Å². The minimum atomic E-state index is -4.54. The Labute approximate surface area is 124 Å². The Kier molecular flexibility index (Phi) is 5.88. The summed E-state index contributed by atoms with van der Waals surface area (Å²) in [7, 11) is 0. The van der Waals surface area contributed by atoms with Gasteiger partial charge in [-0.2, -0.15) is 18.4 Å². The van der Waals surface area contributed by atoms with E-state index in [1.54, 1.807) is 6.07 Å². The Bertz CT molecular complexity index is 494. The lowest BCUT2D eigenvalue weighted by molar-refractivity contribution is -0.139. The third-order valence-electron chi connectivity index (χ3n) is 3.01. The first kappa shape index (κ1) is 16.8. The molecule has 0 fully saturated rings. The summed E-state index contributed by atoms with van der Waals surface area (Å²) in [6, 6.07) is 5.04. The molecule has 0 aliphatic carbocycles. The van der Waals surface area contributed by atoms with Crippen molar-refractivity contribution >= 4 is 15.9 Å². The summed E-state index contributed by atoms with van der Waals surface area (Å²) in [4.78, 5) is 0. The van der Waals surface area contributed by atoms with E-state index >= 15 is 0 Å². The number of ether oxygens (including phenoxy) is 1. The normalized spacial score (nSPS) is 13.1. The van der Waals surface area contributed by atoms with Crippen LogP contribution in [0, 0.1) is 23.2 Å². The van der Waals surface area contributed by atoms with Crippen LogP contribution >= 0.6 is 15.9 Å². The van der Waals surface area contributed by atoms with Gasteiger partial charge in [0.15, 0.2) is 0 Å². The van der Waals surface area contributed by atoms with Crippen LogP contribution in [0.5, 0.6) is 5.75 Å². The Balaban J connectivity index is 2.98. The second-order valence-corrected chi connectivity index (χ2v) is 5.44. The van der Waals surface area contributed by atoms with E-state index in [9.17, 15) is 13.2 Å². The maximum Gasteiger partial charge on any atom is 0.420 e. The highest BCUT2D eigenvalue weighted by molar-refractivity contribution is 9.09. The van der Waals surface area contributed by atoms with Crippen molar-refractivity contribution in [2.75, 3.05) is 11.9 Å². The Hall–Kier alpha value is -1.22. The molecule has 0 saturated carbocycles. The molecule has 0 aromatic heterocycles. The number of hydrogen-bond donors (Lipinski definition) is 0. The van der Waals surface area contributed by atoms with Crippen LogP contribution in [0.3, 0.4) is 0 Å². The molecule has 2 nitrogen and oxygen atoms in total. The summed E-state index contributed by atoms with van der Waals surface area (Å²) in [6.45, 7) is 4.16. The topological polar surface area (TPSA) is 33.0 Å². The van der Waals surface area contributed by atoms with Crippen LogP contribution in [0.1, 0.15) is 25.0 Å². The SMILES string of the molecule is CC(C)C(CBr)COc1ccc(C#N)cc1C(F)(F)F. The fourth-order valence-corrected chi connectivity index (χ4v) is 2.49. The molecule has 0 aliphatic heterocycles. The van der Waals surface area contributed by atoms with E-state index in [2.05, 4.69) is 15.9 Å². The molecule has 20 heavy (non-hydrogen) atoms. The number of nitriles is 1. The molecular weight excluding hydrogens is 335 g/mol. The monoisotopic (exact) mass is 349 g/mol. The zero-order chi connectivity index (χ0) is 15.3. The molecule has 1 atom stereocenters. The predicted octanol–water partition coefficient (Wildman–Crippen LogP) is 4.62. The molecule has 1 rings (SSSR count). The number of halogens is 4. The molecule has 0 spiro atoms. The second kappa shape index (κ2) is 6.98. The minimum absolute atomic E-state index is 0.0365. The van der Waals surface area contributed by atoms with E-state index in [1.165, 1.54) is 12.1 Å². The number of nitrogens with zero attached hydrogens (tertiary/aromatic N) is 1. The van der Waals surface area contributed by atoms with E-state index < -0.39 is 11.7 Å². The molecule has 0 bridgehead atoms. The van der Waals surface area contributed by atoms with Crippen molar-refractivity contribution in [1.82, 2.24) is 0 Å². The number of hydrogen-bond acceptors (Lipinski definition) is 2. The first-order valence-electron chi connectivity index (χ1n) is 6.09. The molecule has 6 heteroatoms. The van der Waals surface area contributed by atoms with Gasteiger partial charge in [-0.1, -0.05) is 29.8 Å². The van der Waals surface area contributed by atoms with Gasteiger partial charge >= 0.3 is 6.18 Å². The molecule has 1 aromatic carbocycles. The quantitative estimate of drug-likeness (QED) is 0.726. The summed E-state index contributed by atoms with van der Waals surface area (Å²) in [5.74, 6) is 0.178. The Morgan fingerprint density at radius 1 is 1.35 bits per heavy atom. The standard InChI is InChI=1S/C14H15BrF3NO/c1-9(2)11(6-15)8-20-13-4-3-10(7-19)5-12(13)14(16,17)18/h3-5,9,11H,6,8H2,1-2H3. The van der Waals surface area contributed by atoms with Crippen molar-refractivity contribution in [3.8, 4) is 11.8 Å². The van der Waals surface area contributed by atoms with Gasteiger partial charge in [0.1, 0.15) is 5.75 Å². The molecule has 0 heterocycles. The van der Waals surface area contributed by atoms with Gasteiger partial charge < -0.3 is 4.74 Å². The first-order chi connectivity index (χ1) is 9.29. The summed E-state index contributed by atoms with van der Waals surface area (Å²) in [5, 5.41) is 9.34. The third kappa shape index (κ3) is 4.41. The van der Waals surface area contributed by atoms with Gasteiger partial charge in [-0.25, -0.2) is 0 Å². The van der Waals surface area contributed by atoms with Gasteiger partial charge in [0.25, 0.3) is 0 Å². The zero-order valence-electron chi connectivity index (χ0n) is 11.2. The Morgan fingerprint density at radius 3 is 2.45 bits per heavy atom. The molecule has 1 aromatic rings. The number of benzene rings is 1. The molecule has 0 saturated heterocycles. The highest BCUT2D eigenvalue weighted by Gasteiger charge is 2.35. The van der Waals surface area contributed by atoms with Crippen LogP contribution < -0.4 is 4.74 Å². The van der Waals surface area contributed by atoms with Crippen molar-refractivity contribution in [3.05, 3.63) is 29.3 Å². The molecule has 0 amide bonds. The molecule has 0 aliphatic rings. The number of alkyl halides is 4. The van der Waals surface area contributed by atoms with Crippen LogP contribution in [0.15, 0.2) is 18.2 Å². The fraction of sp³-hybridized carbons (Fsp3) is 0.500. The van der Waals surface area contributed by atoms with Crippen molar-refractivity contribution in [3.63, 3.8) is 0 Å². The van der Waals surface area contributed by atoms with Crippen LogP contribution in [0.25, 0.3) is 0 Å². The maximum absolute atomic E-state index is 12.9. The highest BCUT2D eigenvalue weighted by Crippen LogP contribution is 2.37. The largest absolute Gasteiger partial charge is 0.493 e. The lowest BCUT2D eigenvalue weighted by Gasteiger charge is -2.20. The van der Waals surface area contributed by atoms with Gasteiger partial charge in [-0.15, -0.1) is 0 Å². The van der Waals surface area contributed by atoms with E-state index in [-0.39, 0.29) is 23.8 Å². The Morgan fingerprint density at radius 2 is 2.00 bits per heavy atom.